The van der Waals surface area contributed by atoms with Crippen LogP contribution in [0.2, 0.25) is 0 Å². The van der Waals surface area contributed by atoms with Crippen molar-refractivity contribution in [3.63, 3.8) is 0 Å². The van der Waals surface area contributed by atoms with E-state index in [9.17, 15) is 9.59 Å². The van der Waals surface area contributed by atoms with Gasteiger partial charge in [0.1, 0.15) is 0 Å². The van der Waals surface area contributed by atoms with Crippen molar-refractivity contribution in [2.45, 2.75) is 77.6 Å². The number of esters is 2. The summed E-state index contributed by atoms with van der Waals surface area (Å²) in [4.78, 5) is 24.7. The van der Waals surface area contributed by atoms with Crippen LogP contribution in [0.4, 0.5) is 0 Å². The van der Waals surface area contributed by atoms with Gasteiger partial charge in [-0.15, -0.1) is 0 Å². The molecule has 23 heavy (non-hydrogen) atoms. The minimum Gasteiger partial charge on any atom is -0.465 e. The highest BCUT2D eigenvalue weighted by molar-refractivity contribution is 5.82. The quantitative estimate of drug-likeness (QED) is 0.518. The second-order valence-corrected chi connectivity index (χ2v) is 7.15. The Labute approximate surface area is 140 Å². The SMILES string of the molecule is CCCCOC(=O)[C@@H]1CCCC[C@H]1C(=O)OCC1CCCCC1. The van der Waals surface area contributed by atoms with E-state index in [1.54, 1.807) is 0 Å². The molecule has 0 radical (unpaired) electrons. The first-order valence-corrected chi connectivity index (χ1v) is 9.55. The van der Waals surface area contributed by atoms with E-state index < -0.39 is 0 Å². The minimum atomic E-state index is -0.292. The van der Waals surface area contributed by atoms with Crippen molar-refractivity contribution in [1.29, 1.82) is 0 Å². The molecule has 0 saturated heterocycles. The molecule has 2 fully saturated rings. The smallest absolute Gasteiger partial charge is 0.309 e. The van der Waals surface area contributed by atoms with Gasteiger partial charge in [0.2, 0.25) is 0 Å². The molecular weight excluding hydrogens is 292 g/mol. The molecule has 0 N–H and O–H groups in total. The Kier molecular flexibility index (Phi) is 7.90. The number of carbonyl (C=O) groups is 2. The van der Waals surface area contributed by atoms with Crippen LogP contribution in [-0.2, 0) is 19.1 Å². The number of ether oxygens (including phenoxy) is 2. The molecular formula is C19H32O4. The maximum absolute atomic E-state index is 12.5. The van der Waals surface area contributed by atoms with Crippen molar-refractivity contribution >= 4 is 11.9 Å². The van der Waals surface area contributed by atoms with E-state index >= 15 is 0 Å². The monoisotopic (exact) mass is 324 g/mol. The van der Waals surface area contributed by atoms with Gasteiger partial charge in [-0.3, -0.25) is 9.59 Å². The highest BCUT2D eigenvalue weighted by Gasteiger charge is 2.38. The average Bonchev–Trinajstić information content (AvgIpc) is 2.60. The minimum absolute atomic E-state index is 0.173. The number of hydrogen-bond donors (Lipinski definition) is 0. The molecule has 2 saturated carbocycles. The highest BCUT2D eigenvalue weighted by atomic mass is 16.5. The van der Waals surface area contributed by atoms with E-state index in [0.717, 1.165) is 38.5 Å². The van der Waals surface area contributed by atoms with Crippen LogP contribution >= 0.6 is 0 Å². The van der Waals surface area contributed by atoms with Gasteiger partial charge in [0.25, 0.3) is 0 Å². The fourth-order valence-corrected chi connectivity index (χ4v) is 3.78. The summed E-state index contributed by atoms with van der Waals surface area (Å²) in [5.74, 6) is -0.433. The molecule has 0 bridgehead atoms. The highest BCUT2D eigenvalue weighted by Crippen LogP contribution is 2.32. The normalized spacial score (nSPS) is 25.8. The second-order valence-electron chi connectivity index (χ2n) is 7.15. The molecule has 0 amide bonds. The van der Waals surface area contributed by atoms with E-state index in [1.807, 2.05) is 0 Å². The third-order valence-corrected chi connectivity index (χ3v) is 5.30. The zero-order valence-corrected chi connectivity index (χ0v) is 14.6. The Hall–Kier alpha value is -1.06. The van der Waals surface area contributed by atoms with Crippen LogP contribution in [0.15, 0.2) is 0 Å². The van der Waals surface area contributed by atoms with Gasteiger partial charge in [-0.25, -0.2) is 0 Å². The van der Waals surface area contributed by atoms with Crippen LogP contribution in [0.5, 0.6) is 0 Å². The maximum atomic E-state index is 12.5. The van der Waals surface area contributed by atoms with Crippen LogP contribution in [-0.4, -0.2) is 25.2 Å². The van der Waals surface area contributed by atoms with Crippen molar-refractivity contribution in [3.8, 4) is 0 Å². The topological polar surface area (TPSA) is 52.6 Å². The van der Waals surface area contributed by atoms with Crippen LogP contribution in [0, 0.1) is 17.8 Å². The van der Waals surface area contributed by atoms with Gasteiger partial charge < -0.3 is 9.47 Å². The molecule has 0 aromatic rings. The molecule has 0 aliphatic heterocycles. The molecule has 0 aromatic heterocycles. The lowest BCUT2D eigenvalue weighted by Crippen LogP contribution is -2.35. The summed E-state index contributed by atoms with van der Waals surface area (Å²) in [6.07, 6.45) is 11.5. The van der Waals surface area contributed by atoms with Gasteiger partial charge in [0, 0.05) is 0 Å². The van der Waals surface area contributed by atoms with Crippen LogP contribution in [0.25, 0.3) is 0 Å². The molecule has 4 nitrogen and oxygen atoms in total. The first kappa shape index (κ1) is 18.3. The van der Waals surface area contributed by atoms with Crippen molar-refractivity contribution in [1.82, 2.24) is 0 Å². The summed E-state index contributed by atoms with van der Waals surface area (Å²) in [6.45, 7) is 3.07. The van der Waals surface area contributed by atoms with Crippen LogP contribution < -0.4 is 0 Å². The number of hydrogen-bond acceptors (Lipinski definition) is 4. The molecule has 0 heterocycles. The number of unbranched alkanes of at least 4 members (excludes halogenated alkanes) is 1. The Morgan fingerprint density at radius 2 is 1.39 bits per heavy atom. The fraction of sp³-hybridized carbons (Fsp3) is 0.895. The van der Waals surface area contributed by atoms with E-state index in [4.69, 9.17) is 9.47 Å². The molecule has 2 aliphatic carbocycles. The van der Waals surface area contributed by atoms with Gasteiger partial charge in [-0.1, -0.05) is 45.4 Å². The van der Waals surface area contributed by atoms with Crippen molar-refractivity contribution < 1.29 is 19.1 Å². The zero-order valence-electron chi connectivity index (χ0n) is 14.6. The van der Waals surface area contributed by atoms with Crippen LogP contribution in [0.1, 0.15) is 77.6 Å². The molecule has 132 valence electrons. The first-order chi connectivity index (χ1) is 11.2. The Morgan fingerprint density at radius 1 is 0.826 bits per heavy atom. The molecule has 4 heteroatoms. The molecule has 2 rings (SSSR count). The average molecular weight is 324 g/mol. The van der Waals surface area contributed by atoms with Crippen molar-refractivity contribution in [2.24, 2.45) is 17.8 Å². The summed E-state index contributed by atoms with van der Waals surface area (Å²) >= 11 is 0. The molecule has 2 aliphatic rings. The van der Waals surface area contributed by atoms with E-state index in [0.29, 0.717) is 19.1 Å². The van der Waals surface area contributed by atoms with E-state index in [1.165, 1.54) is 32.1 Å². The Morgan fingerprint density at radius 3 is 2.00 bits per heavy atom. The first-order valence-electron chi connectivity index (χ1n) is 9.55. The standard InChI is InChI=1S/C19H32O4/c1-2-3-13-22-18(20)16-11-7-8-12-17(16)19(21)23-14-15-9-5-4-6-10-15/h15-17H,2-14H2,1H3/t16-,17-/m1/s1. The Balaban J connectivity index is 1.81. The molecule has 2 atom stereocenters. The van der Waals surface area contributed by atoms with Gasteiger partial charge >= 0.3 is 11.9 Å². The van der Waals surface area contributed by atoms with Gasteiger partial charge in [-0.05, 0) is 38.0 Å². The third-order valence-electron chi connectivity index (χ3n) is 5.30. The fourth-order valence-electron chi connectivity index (χ4n) is 3.78. The zero-order chi connectivity index (χ0) is 16.5. The van der Waals surface area contributed by atoms with Crippen molar-refractivity contribution in [3.05, 3.63) is 0 Å². The number of carbonyl (C=O) groups excluding carboxylic acids is 2. The van der Waals surface area contributed by atoms with Crippen LogP contribution in [0.3, 0.4) is 0 Å². The number of rotatable bonds is 7. The summed E-state index contributed by atoms with van der Waals surface area (Å²) in [6, 6.07) is 0. The summed E-state index contributed by atoms with van der Waals surface area (Å²) in [5.41, 5.74) is 0. The van der Waals surface area contributed by atoms with Gasteiger partial charge in [0.05, 0.1) is 25.0 Å². The predicted molar refractivity (Wildman–Crippen MR) is 88.8 cm³/mol. The lowest BCUT2D eigenvalue weighted by molar-refractivity contribution is -0.163. The second kappa shape index (κ2) is 9.94. The van der Waals surface area contributed by atoms with Gasteiger partial charge in [-0.2, -0.15) is 0 Å². The van der Waals surface area contributed by atoms with E-state index in [2.05, 4.69) is 6.92 Å². The molecule has 0 spiro atoms. The molecule has 0 unspecified atom stereocenters. The van der Waals surface area contributed by atoms with Gasteiger partial charge in [0.15, 0.2) is 0 Å². The Bertz CT molecular complexity index is 374. The predicted octanol–water partition coefficient (Wildman–Crippen LogP) is 4.26. The third kappa shape index (κ3) is 5.82. The summed E-state index contributed by atoms with van der Waals surface area (Å²) in [5, 5.41) is 0. The van der Waals surface area contributed by atoms with E-state index in [-0.39, 0.29) is 23.8 Å². The maximum Gasteiger partial charge on any atom is 0.309 e. The summed E-state index contributed by atoms with van der Waals surface area (Å²) < 4.78 is 10.9. The molecule has 0 aromatic carbocycles. The lowest BCUT2D eigenvalue weighted by Gasteiger charge is -2.29. The summed E-state index contributed by atoms with van der Waals surface area (Å²) in [7, 11) is 0. The van der Waals surface area contributed by atoms with Crippen molar-refractivity contribution in [2.75, 3.05) is 13.2 Å². The largest absolute Gasteiger partial charge is 0.465 e. The lowest BCUT2D eigenvalue weighted by atomic mass is 9.79.